The molecular formula is C35H29N7O3. The van der Waals surface area contributed by atoms with Crippen LogP contribution in [0.5, 0.6) is 0 Å². The van der Waals surface area contributed by atoms with Crippen LogP contribution in [0.1, 0.15) is 13.8 Å². The van der Waals surface area contributed by atoms with Crippen molar-refractivity contribution >= 4 is 57.7 Å². The van der Waals surface area contributed by atoms with Gasteiger partial charge in [-0.05, 0) is 62.4 Å². The van der Waals surface area contributed by atoms with Crippen LogP contribution >= 0.6 is 0 Å². The Balaban J connectivity index is 1.45. The molecule has 1 fully saturated rings. The van der Waals surface area contributed by atoms with E-state index in [9.17, 15) is 9.59 Å². The van der Waals surface area contributed by atoms with E-state index in [1.54, 1.807) is 62.4 Å². The zero-order valence-electron chi connectivity index (χ0n) is 24.6. The highest BCUT2D eigenvalue weighted by molar-refractivity contribution is 6.34. The minimum absolute atomic E-state index is 0.228. The van der Waals surface area contributed by atoms with Crippen LogP contribution in [0.15, 0.2) is 137 Å². The fraction of sp³-hybridized carbons (Fsp3) is 0.143. The summed E-state index contributed by atoms with van der Waals surface area (Å²) < 4.78 is 0. The number of aliphatic imine (C=N–C) groups is 1. The fourth-order valence-corrected chi connectivity index (χ4v) is 6.42. The molecule has 0 unspecified atom stereocenters. The summed E-state index contributed by atoms with van der Waals surface area (Å²) in [6, 6.07) is 36.3. The Labute approximate surface area is 260 Å². The topological polar surface area (TPSA) is 110 Å². The number of rotatable bonds is 6. The molecule has 7 rings (SSSR count). The second-order valence-corrected chi connectivity index (χ2v) is 11.1. The molecule has 45 heavy (non-hydrogen) atoms. The standard InChI is InChI=1S/C35H29N7O3/c1-23-29(32(43)40(37-23)26-17-9-4-10-18-26)35(24(2)38-42(34(35)45)28-21-13-6-14-22-28)30-31(36-25-15-7-3-8-16-25)39-41(33(30)44)27-19-11-5-12-20-27/h3-22,29-30H,1-2H3,(H,36,39)/t29-,30+,35-/m0/s1. The zero-order chi connectivity index (χ0) is 31.1. The lowest BCUT2D eigenvalue weighted by atomic mass is 9.61. The summed E-state index contributed by atoms with van der Waals surface area (Å²) in [4.78, 5) is 49.2. The van der Waals surface area contributed by atoms with E-state index in [2.05, 4.69) is 10.5 Å². The number of anilines is 3. The Morgan fingerprint density at radius 3 is 1.71 bits per heavy atom. The van der Waals surface area contributed by atoms with Crippen molar-refractivity contribution in [1.29, 1.82) is 0 Å². The molecule has 222 valence electrons. The molecule has 0 spiro atoms. The molecular weight excluding hydrogens is 566 g/mol. The van der Waals surface area contributed by atoms with Crippen molar-refractivity contribution in [2.75, 3.05) is 15.0 Å². The molecule has 1 N–H and O–H groups in total. The van der Waals surface area contributed by atoms with Crippen LogP contribution in [-0.4, -0.2) is 35.0 Å². The largest absolute Gasteiger partial charge is 0.277 e. The van der Waals surface area contributed by atoms with Gasteiger partial charge in [0, 0.05) is 5.71 Å². The molecule has 3 atom stereocenters. The van der Waals surface area contributed by atoms with Crippen LogP contribution in [0.2, 0.25) is 0 Å². The highest BCUT2D eigenvalue weighted by Gasteiger charge is 2.69. The number of amides is 3. The maximum absolute atomic E-state index is 15.1. The molecule has 3 aliphatic rings. The second-order valence-electron chi connectivity index (χ2n) is 11.1. The van der Waals surface area contributed by atoms with Crippen LogP contribution in [0, 0.1) is 17.3 Å². The number of hydrogen-bond acceptors (Lipinski definition) is 6. The van der Waals surface area contributed by atoms with Crippen molar-refractivity contribution in [2.24, 2.45) is 32.4 Å². The average Bonchev–Trinajstić information content (AvgIpc) is 3.66. The number of hydrogen-bond donors (Lipinski definition) is 1. The van der Waals surface area contributed by atoms with E-state index >= 15 is 4.79 Å². The van der Waals surface area contributed by atoms with Crippen LogP contribution in [0.3, 0.4) is 0 Å². The van der Waals surface area contributed by atoms with Crippen LogP contribution in [0.4, 0.5) is 22.7 Å². The molecule has 10 heteroatoms. The third-order valence-electron chi connectivity index (χ3n) is 8.43. The lowest BCUT2D eigenvalue weighted by molar-refractivity contribution is -0.136. The van der Waals surface area contributed by atoms with Gasteiger partial charge >= 0.3 is 0 Å². The van der Waals surface area contributed by atoms with Gasteiger partial charge < -0.3 is 0 Å². The highest BCUT2D eigenvalue weighted by atomic mass is 16.2. The van der Waals surface area contributed by atoms with Gasteiger partial charge in [-0.2, -0.15) is 15.2 Å². The van der Waals surface area contributed by atoms with Gasteiger partial charge in [-0.3, -0.25) is 19.8 Å². The van der Waals surface area contributed by atoms with Gasteiger partial charge in [0.2, 0.25) is 0 Å². The van der Waals surface area contributed by atoms with Crippen LogP contribution in [0.25, 0.3) is 0 Å². The third-order valence-corrected chi connectivity index (χ3v) is 8.43. The number of nitrogens with one attached hydrogen (secondary N) is 1. The highest BCUT2D eigenvalue weighted by Crippen LogP contribution is 2.51. The number of hydrazone groups is 2. The Morgan fingerprint density at radius 1 is 0.622 bits per heavy atom. The number of nitrogens with zero attached hydrogens (tertiary/aromatic N) is 6. The van der Waals surface area contributed by atoms with Gasteiger partial charge in [0.25, 0.3) is 17.7 Å². The number of carbonyl (C=O) groups is 3. The van der Waals surface area contributed by atoms with Gasteiger partial charge in [0.05, 0.1) is 28.5 Å². The second kappa shape index (κ2) is 11.0. The van der Waals surface area contributed by atoms with Crippen molar-refractivity contribution in [3.8, 4) is 0 Å². The minimum Gasteiger partial charge on any atom is -0.277 e. The van der Waals surface area contributed by atoms with E-state index in [4.69, 9.17) is 10.1 Å². The first-order valence-electron chi connectivity index (χ1n) is 14.6. The molecule has 0 radical (unpaired) electrons. The molecule has 1 saturated heterocycles. The Kier molecular flexibility index (Phi) is 6.81. The smallest absolute Gasteiger partial charge is 0.261 e. The molecule has 0 aromatic heterocycles. The Bertz CT molecular complexity index is 1880. The van der Waals surface area contributed by atoms with Crippen LogP contribution < -0.4 is 20.5 Å². The minimum atomic E-state index is -1.79. The summed E-state index contributed by atoms with van der Waals surface area (Å²) in [7, 11) is 0. The summed E-state index contributed by atoms with van der Waals surface area (Å²) in [5.74, 6) is -3.53. The Morgan fingerprint density at radius 2 is 1.13 bits per heavy atom. The van der Waals surface area contributed by atoms with E-state index < -0.39 is 35.0 Å². The predicted octanol–water partition coefficient (Wildman–Crippen LogP) is 5.33. The summed E-state index contributed by atoms with van der Waals surface area (Å²) in [5.41, 5.74) is 4.33. The maximum Gasteiger partial charge on any atom is 0.261 e. The summed E-state index contributed by atoms with van der Waals surface area (Å²) in [6.07, 6.45) is 0. The van der Waals surface area contributed by atoms with E-state index in [0.717, 1.165) is 0 Å². The molecule has 4 aromatic carbocycles. The van der Waals surface area contributed by atoms with Crippen molar-refractivity contribution in [3.63, 3.8) is 0 Å². The van der Waals surface area contributed by atoms with Gasteiger partial charge in [0.1, 0.15) is 23.1 Å². The summed E-state index contributed by atoms with van der Waals surface area (Å²) in [5, 5.41) is 13.4. The van der Waals surface area contributed by atoms with Crippen molar-refractivity contribution in [1.82, 2.24) is 5.43 Å². The number of benzene rings is 4. The summed E-state index contributed by atoms with van der Waals surface area (Å²) >= 11 is 0. The van der Waals surface area contributed by atoms with E-state index in [0.29, 0.717) is 34.2 Å². The predicted molar refractivity (Wildman–Crippen MR) is 174 cm³/mol. The number of carbonyl (C=O) groups excluding carboxylic acids is 3. The number of hydrazine groups is 1. The van der Waals surface area contributed by atoms with Crippen molar-refractivity contribution in [3.05, 3.63) is 121 Å². The van der Waals surface area contributed by atoms with Gasteiger partial charge in [0.15, 0.2) is 0 Å². The van der Waals surface area contributed by atoms with Crippen LogP contribution in [-0.2, 0) is 14.4 Å². The number of para-hydroxylation sites is 4. The normalized spacial score (nSPS) is 23.9. The van der Waals surface area contributed by atoms with Gasteiger partial charge in [-0.15, -0.1) is 0 Å². The van der Waals surface area contributed by atoms with E-state index in [-0.39, 0.29) is 5.84 Å². The summed E-state index contributed by atoms with van der Waals surface area (Å²) in [6.45, 7) is 3.42. The van der Waals surface area contributed by atoms with Crippen molar-refractivity contribution < 1.29 is 14.4 Å². The lowest BCUT2D eigenvalue weighted by Crippen LogP contribution is -2.58. The first kappa shape index (κ1) is 27.9. The fourth-order valence-electron chi connectivity index (χ4n) is 6.42. The lowest BCUT2D eigenvalue weighted by Gasteiger charge is -2.36. The average molecular weight is 596 g/mol. The molecule has 0 saturated carbocycles. The van der Waals surface area contributed by atoms with Crippen molar-refractivity contribution in [2.45, 2.75) is 13.8 Å². The Hall–Kier alpha value is -5.90. The molecule has 0 bridgehead atoms. The van der Waals surface area contributed by atoms with E-state index in [1.807, 2.05) is 72.8 Å². The molecule has 3 amide bonds. The number of amidine groups is 1. The molecule has 0 aliphatic carbocycles. The van der Waals surface area contributed by atoms with E-state index in [1.165, 1.54) is 15.0 Å². The van der Waals surface area contributed by atoms with Gasteiger partial charge in [-0.1, -0.05) is 72.8 Å². The molecule has 3 aliphatic heterocycles. The molecule has 4 aromatic rings. The zero-order valence-corrected chi connectivity index (χ0v) is 24.6. The maximum atomic E-state index is 15.1. The first-order valence-corrected chi connectivity index (χ1v) is 14.6. The first-order chi connectivity index (χ1) is 21.9. The molecule has 3 heterocycles. The molecule has 10 nitrogen and oxygen atoms in total. The SMILES string of the molecule is CC1=NN(c2ccccc2)C(=O)[C@H]1[C@@]1([C@H]2C(=O)N(c3ccccc3)NC2=Nc2ccccc2)C(=O)N(c2ccccc2)N=C1C. The quantitative estimate of drug-likeness (QED) is 0.325. The third kappa shape index (κ3) is 4.41. The van der Waals surface area contributed by atoms with Gasteiger partial charge in [-0.25, -0.2) is 15.0 Å². The monoisotopic (exact) mass is 595 g/mol.